The highest BCUT2D eigenvalue weighted by Crippen LogP contribution is 2.34. The molecule has 0 aliphatic heterocycles. The Balaban J connectivity index is 1.35. The molecule has 0 fully saturated rings. The zero-order chi connectivity index (χ0) is 38.8. The van der Waals surface area contributed by atoms with Gasteiger partial charge in [0.2, 0.25) is 0 Å². The molecule has 0 spiro atoms. The van der Waals surface area contributed by atoms with Crippen molar-refractivity contribution in [2.24, 2.45) is 0 Å². The summed E-state index contributed by atoms with van der Waals surface area (Å²) in [6.45, 7) is 0. The summed E-state index contributed by atoms with van der Waals surface area (Å²) >= 11 is 0. The number of hydrogen-bond donors (Lipinski definition) is 0. The van der Waals surface area contributed by atoms with Crippen LogP contribution in [-0.4, -0.2) is 16.1 Å². The van der Waals surface area contributed by atoms with Gasteiger partial charge in [-0.3, -0.25) is 0 Å². The summed E-state index contributed by atoms with van der Waals surface area (Å²) in [5.41, 5.74) is 2.17. The predicted octanol–water partition coefficient (Wildman–Crippen LogP) is 8.02. The molecule has 0 unspecified atom stereocenters. The van der Waals surface area contributed by atoms with Crippen LogP contribution in [0, 0.1) is 12.1 Å². The van der Waals surface area contributed by atoms with E-state index in [4.69, 9.17) is 0 Å². The van der Waals surface area contributed by atoms with Gasteiger partial charge in [-0.05, 0) is 86.3 Å². The largest absolute Gasteiger partial charge is 0.180 e. The molecule has 0 aliphatic carbocycles. The number of rotatable bonds is 9. The van der Waals surface area contributed by atoms with Crippen molar-refractivity contribution < 1.29 is 0 Å². The van der Waals surface area contributed by atoms with E-state index in [9.17, 15) is 0 Å². The third kappa shape index (κ3) is 5.89. The average molecular weight is 769 g/mol. The van der Waals surface area contributed by atoms with Crippen LogP contribution in [-0.2, 0) is 0 Å². The van der Waals surface area contributed by atoms with Crippen LogP contribution in [0.15, 0.2) is 243 Å². The van der Waals surface area contributed by atoms with Crippen LogP contribution in [0.25, 0.3) is 32.7 Å². The van der Waals surface area contributed by atoms with Crippen LogP contribution in [0.4, 0.5) is 0 Å². The third-order valence-electron chi connectivity index (χ3n) is 11.9. The Hall–Kier alpha value is -6.85. The molecule has 0 aliphatic rings. The maximum atomic E-state index is 4.28. The van der Waals surface area contributed by atoms with Gasteiger partial charge in [0.1, 0.15) is 0 Å². The first-order valence-corrected chi connectivity index (χ1v) is 24.0. The van der Waals surface area contributed by atoms with Gasteiger partial charge in [0.05, 0.1) is 0 Å². The van der Waals surface area contributed by atoms with Crippen molar-refractivity contribution in [2.45, 2.75) is 0 Å². The van der Waals surface area contributed by atoms with Crippen LogP contribution in [0.2, 0.25) is 0 Å². The molecule has 0 aromatic heterocycles. The van der Waals surface area contributed by atoms with E-state index < -0.39 is 16.1 Å². The molecule has 272 valence electrons. The molecular weight excluding hydrogens is 729 g/mol. The maximum Gasteiger partial charge on any atom is 0.180 e. The molecule has 0 amide bonds. The molecule has 0 bridgehead atoms. The maximum absolute atomic E-state index is 4.28. The first kappa shape index (κ1) is 35.6. The van der Waals surface area contributed by atoms with E-state index >= 15 is 0 Å². The molecule has 10 aromatic carbocycles. The van der Waals surface area contributed by atoms with Gasteiger partial charge in [-0.15, -0.1) is 0 Å². The lowest BCUT2D eigenvalue weighted by atomic mass is 9.94. The van der Waals surface area contributed by atoms with Gasteiger partial charge in [0.25, 0.3) is 0 Å². The summed E-state index contributed by atoms with van der Waals surface area (Å²) in [5.74, 6) is 0. The standard InChI is InChI=1S/C56H40Si2/c1-7-25-45(26-8-1)57(46-27-9-2-10-28-46,47-29-11-3-12-30-47)51-39-43-23-19-21-37-53(43)55(41-51)56-42-52(40-44-24-20-22-38-54(44)56)58(48-31-13-4-14-32-48,49-33-15-5-16-34-49)50-35-17-6-18-36-50/h1-40H. The Morgan fingerprint density at radius 2 is 0.466 bits per heavy atom. The van der Waals surface area contributed by atoms with Crippen molar-refractivity contribution in [1.82, 2.24) is 0 Å². The molecule has 0 heterocycles. The second-order valence-corrected chi connectivity index (χ2v) is 22.5. The van der Waals surface area contributed by atoms with Crippen LogP contribution in [0.1, 0.15) is 0 Å². The van der Waals surface area contributed by atoms with Crippen LogP contribution in [0.3, 0.4) is 0 Å². The first-order valence-electron chi connectivity index (χ1n) is 20.0. The normalized spacial score (nSPS) is 11.8. The van der Waals surface area contributed by atoms with Gasteiger partial charge in [0.15, 0.2) is 16.1 Å². The molecule has 0 N–H and O–H groups in total. The summed E-state index contributed by atoms with van der Waals surface area (Å²) < 4.78 is 0. The number of hydrogen-bond acceptors (Lipinski definition) is 0. The zero-order valence-corrected chi connectivity index (χ0v) is 34.1. The summed E-state index contributed by atoms with van der Waals surface area (Å²) in [6.07, 6.45) is 0. The molecule has 10 rings (SSSR count). The predicted molar refractivity (Wildman–Crippen MR) is 252 cm³/mol. The van der Waals surface area contributed by atoms with Gasteiger partial charge in [-0.25, -0.2) is 0 Å². The Morgan fingerprint density at radius 3 is 0.724 bits per heavy atom. The van der Waals surface area contributed by atoms with Crippen molar-refractivity contribution in [1.29, 1.82) is 0 Å². The van der Waals surface area contributed by atoms with Crippen molar-refractivity contribution in [3.8, 4) is 11.1 Å². The van der Waals surface area contributed by atoms with Gasteiger partial charge in [0, 0.05) is 0 Å². The second kappa shape index (κ2) is 15.2. The topological polar surface area (TPSA) is 0 Å². The molecule has 0 saturated carbocycles. The van der Waals surface area contributed by atoms with Crippen LogP contribution < -0.4 is 41.5 Å². The fourth-order valence-corrected chi connectivity index (χ4v) is 18.7. The fourth-order valence-electron chi connectivity index (χ4n) is 9.35. The fraction of sp³-hybridized carbons (Fsp3) is 0. The summed E-state index contributed by atoms with van der Waals surface area (Å²) in [6, 6.07) is 98.2. The summed E-state index contributed by atoms with van der Waals surface area (Å²) in [7, 11) is -5.84. The molecule has 0 saturated heterocycles. The SMILES string of the molecule is [c]1c([Si](c2ccccc2)(c2ccccc2)c2ccccc2)cc2ccccc2c1-c1[c]c([Si](c2ccccc2)(c2ccccc2)c2ccccc2)cc2ccccc12. The van der Waals surface area contributed by atoms with E-state index in [-0.39, 0.29) is 0 Å². The molecule has 10 aromatic rings. The number of fused-ring (bicyclic) bond motifs is 2. The van der Waals surface area contributed by atoms with E-state index in [1.807, 2.05) is 0 Å². The zero-order valence-electron chi connectivity index (χ0n) is 32.1. The van der Waals surface area contributed by atoms with E-state index in [2.05, 4.69) is 255 Å². The van der Waals surface area contributed by atoms with Gasteiger partial charge < -0.3 is 0 Å². The smallest absolute Gasteiger partial charge is 0.0623 e. The lowest BCUT2D eigenvalue weighted by Crippen LogP contribution is -2.75. The summed E-state index contributed by atoms with van der Waals surface area (Å²) in [4.78, 5) is 0. The minimum Gasteiger partial charge on any atom is -0.0623 e. The minimum absolute atomic E-state index is 1.09. The summed E-state index contributed by atoms with van der Waals surface area (Å²) in [5, 5.41) is 15.2. The highest BCUT2D eigenvalue weighted by molar-refractivity contribution is 7.20. The highest BCUT2D eigenvalue weighted by atomic mass is 28.3. The van der Waals surface area contributed by atoms with E-state index in [1.165, 1.54) is 63.0 Å². The molecular formula is C56H40Si2. The molecule has 2 heteroatoms. The van der Waals surface area contributed by atoms with Crippen molar-refractivity contribution in [2.75, 3.05) is 0 Å². The van der Waals surface area contributed by atoms with E-state index in [0.717, 1.165) is 11.1 Å². The quantitative estimate of drug-likeness (QED) is 0.103. The Morgan fingerprint density at radius 1 is 0.241 bits per heavy atom. The van der Waals surface area contributed by atoms with Crippen molar-refractivity contribution >= 4 is 79.2 Å². The monoisotopic (exact) mass is 768 g/mol. The first-order chi connectivity index (χ1) is 28.8. The van der Waals surface area contributed by atoms with Crippen molar-refractivity contribution in [3.63, 3.8) is 0 Å². The second-order valence-electron chi connectivity index (χ2n) is 15.0. The van der Waals surface area contributed by atoms with Gasteiger partial charge >= 0.3 is 0 Å². The third-order valence-corrected chi connectivity index (χ3v) is 21.2. The molecule has 2 radical (unpaired) electrons. The average Bonchev–Trinajstić information content (AvgIpc) is 3.31. The minimum atomic E-state index is -2.92. The highest BCUT2D eigenvalue weighted by Gasteiger charge is 2.44. The molecule has 0 atom stereocenters. The van der Waals surface area contributed by atoms with Crippen LogP contribution in [0.5, 0.6) is 0 Å². The Labute approximate surface area is 343 Å². The van der Waals surface area contributed by atoms with E-state index in [1.54, 1.807) is 0 Å². The van der Waals surface area contributed by atoms with Crippen LogP contribution >= 0.6 is 0 Å². The van der Waals surface area contributed by atoms with Gasteiger partial charge in [-0.2, -0.15) is 0 Å². The molecule has 0 nitrogen and oxygen atoms in total. The van der Waals surface area contributed by atoms with Gasteiger partial charge in [-0.1, -0.05) is 243 Å². The van der Waals surface area contributed by atoms with Crippen molar-refractivity contribution in [3.05, 3.63) is 255 Å². The lowest BCUT2D eigenvalue weighted by Gasteiger charge is -2.35. The Kier molecular flexibility index (Phi) is 9.35. The van der Waals surface area contributed by atoms with E-state index in [0.29, 0.717) is 0 Å². The number of benzene rings is 10. The molecule has 58 heavy (non-hydrogen) atoms. The lowest BCUT2D eigenvalue weighted by molar-refractivity contribution is 1.65. The Bertz CT molecular complexity index is 2570.